The Kier molecular flexibility index (Phi) is 6.46. The standard InChI is InChI=1S/C20H24FNO4S/c21-19-8-4-5-9-20(19)26-14-18(23)13-22(12-16-6-2-1-3-7-16)17-10-11-27(24,25)15-17/h1-9,17-18,23H,10-15H2. The second-order valence-corrected chi connectivity index (χ2v) is 9.10. The smallest absolute Gasteiger partial charge is 0.165 e. The van der Waals surface area contributed by atoms with Gasteiger partial charge in [0.1, 0.15) is 12.7 Å². The second kappa shape index (κ2) is 8.82. The molecule has 2 unspecified atom stereocenters. The van der Waals surface area contributed by atoms with Crippen LogP contribution in [0.4, 0.5) is 4.39 Å². The first-order chi connectivity index (χ1) is 12.9. The first-order valence-corrected chi connectivity index (χ1v) is 10.8. The summed E-state index contributed by atoms with van der Waals surface area (Å²) in [5.74, 6) is -0.117. The fraction of sp³-hybridized carbons (Fsp3) is 0.400. The van der Waals surface area contributed by atoms with Gasteiger partial charge in [-0.1, -0.05) is 42.5 Å². The van der Waals surface area contributed by atoms with Gasteiger partial charge in [-0.2, -0.15) is 0 Å². The van der Waals surface area contributed by atoms with Crippen LogP contribution in [0.15, 0.2) is 54.6 Å². The van der Waals surface area contributed by atoms with E-state index in [1.54, 1.807) is 12.1 Å². The highest BCUT2D eigenvalue weighted by molar-refractivity contribution is 7.91. The zero-order chi connectivity index (χ0) is 19.3. The van der Waals surface area contributed by atoms with Gasteiger partial charge in [-0.25, -0.2) is 12.8 Å². The Labute approximate surface area is 159 Å². The van der Waals surface area contributed by atoms with Crippen LogP contribution in [0.5, 0.6) is 5.75 Å². The first kappa shape index (κ1) is 19.8. The quantitative estimate of drug-likeness (QED) is 0.745. The number of rotatable bonds is 8. The number of aliphatic hydroxyl groups is 1. The Morgan fingerprint density at radius 2 is 1.85 bits per heavy atom. The van der Waals surface area contributed by atoms with Crippen LogP contribution in [0.25, 0.3) is 0 Å². The molecule has 2 aromatic rings. The molecular weight excluding hydrogens is 369 g/mol. The van der Waals surface area contributed by atoms with Crippen LogP contribution in [-0.2, 0) is 16.4 Å². The third-order valence-corrected chi connectivity index (χ3v) is 6.42. The Morgan fingerprint density at radius 3 is 2.52 bits per heavy atom. The maximum absolute atomic E-state index is 13.6. The molecule has 0 saturated carbocycles. The van der Waals surface area contributed by atoms with E-state index in [2.05, 4.69) is 0 Å². The van der Waals surface area contributed by atoms with E-state index in [9.17, 15) is 17.9 Å². The molecule has 1 fully saturated rings. The minimum Gasteiger partial charge on any atom is -0.488 e. The minimum atomic E-state index is -3.03. The van der Waals surface area contributed by atoms with Crippen molar-refractivity contribution in [2.75, 3.05) is 24.7 Å². The normalized spacial score (nSPS) is 19.9. The molecule has 0 spiro atoms. The molecule has 0 aliphatic carbocycles. The number of hydrogen-bond acceptors (Lipinski definition) is 5. The van der Waals surface area contributed by atoms with Crippen LogP contribution >= 0.6 is 0 Å². The van der Waals surface area contributed by atoms with Crippen molar-refractivity contribution >= 4 is 9.84 Å². The average molecular weight is 393 g/mol. The molecule has 7 heteroatoms. The van der Waals surface area contributed by atoms with E-state index in [1.807, 2.05) is 35.2 Å². The summed E-state index contributed by atoms with van der Waals surface area (Å²) in [6.45, 7) is 0.729. The maximum atomic E-state index is 13.6. The van der Waals surface area contributed by atoms with Gasteiger partial charge >= 0.3 is 0 Å². The zero-order valence-electron chi connectivity index (χ0n) is 15.0. The van der Waals surface area contributed by atoms with E-state index in [0.717, 1.165) is 5.56 Å². The number of para-hydroxylation sites is 1. The minimum absolute atomic E-state index is 0.0638. The summed E-state index contributed by atoms with van der Waals surface area (Å²) in [6.07, 6.45) is -0.313. The van der Waals surface area contributed by atoms with Crippen molar-refractivity contribution in [3.63, 3.8) is 0 Å². The number of sulfone groups is 1. The zero-order valence-corrected chi connectivity index (χ0v) is 15.8. The second-order valence-electron chi connectivity index (χ2n) is 6.87. The molecule has 0 aromatic heterocycles. The van der Waals surface area contributed by atoms with Crippen molar-refractivity contribution in [3.8, 4) is 5.75 Å². The van der Waals surface area contributed by atoms with Gasteiger partial charge in [0.15, 0.2) is 21.4 Å². The molecule has 0 radical (unpaired) electrons. The molecule has 1 heterocycles. The molecule has 27 heavy (non-hydrogen) atoms. The lowest BCUT2D eigenvalue weighted by atomic mass is 10.1. The van der Waals surface area contributed by atoms with Crippen LogP contribution < -0.4 is 4.74 Å². The van der Waals surface area contributed by atoms with Crippen molar-refractivity contribution in [1.82, 2.24) is 4.90 Å². The fourth-order valence-corrected chi connectivity index (χ4v) is 5.06. The molecule has 0 amide bonds. The van der Waals surface area contributed by atoms with Crippen molar-refractivity contribution in [3.05, 3.63) is 66.0 Å². The van der Waals surface area contributed by atoms with Crippen LogP contribution in [0.2, 0.25) is 0 Å². The molecule has 2 aromatic carbocycles. The van der Waals surface area contributed by atoms with Crippen LogP contribution in [0, 0.1) is 5.82 Å². The topological polar surface area (TPSA) is 66.8 Å². The summed E-state index contributed by atoms with van der Waals surface area (Å²) in [7, 11) is -3.03. The van der Waals surface area contributed by atoms with E-state index in [1.165, 1.54) is 12.1 Å². The molecule has 1 aliphatic heterocycles. The molecular formula is C20H24FNO4S. The lowest BCUT2D eigenvalue weighted by Gasteiger charge is -2.30. The predicted molar refractivity (Wildman–Crippen MR) is 102 cm³/mol. The van der Waals surface area contributed by atoms with Crippen molar-refractivity contribution in [1.29, 1.82) is 0 Å². The van der Waals surface area contributed by atoms with E-state index in [0.29, 0.717) is 13.0 Å². The van der Waals surface area contributed by atoms with Crippen LogP contribution in [-0.4, -0.2) is 55.2 Å². The summed E-state index contributed by atoms with van der Waals surface area (Å²) >= 11 is 0. The van der Waals surface area contributed by atoms with Gasteiger partial charge in [0.05, 0.1) is 11.5 Å². The molecule has 2 atom stereocenters. The van der Waals surface area contributed by atoms with Gasteiger partial charge in [0.25, 0.3) is 0 Å². The molecule has 3 rings (SSSR count). The number of benzene rings is 2. The number of halogens is 1. The highest BCUT2D eigenvalue weighted by Gasteiger charge is 2.33. The van der Waals surface area contributed by atoms with Crippen molar-refractivity contribution in [2.45, 2.75) is 25.1 Å². The highest BCUT2D eigenvalue weighted by atomic mass is 32.2. The molecule has 146 valence electrons. The Hall–Kier alpha value is -1.96. The van der Waals surface area contributed by atoms with Crippen molar-refractivity contribution in [2.24, 2.45) is 0 Å². The largest absolute Gasteiger partial charge is 0.488 e. The molecule has 1 aliphatic rings. The fourth-order valence-electron chi connectivity index (χ4n) is 3.30. The summed E-state index contributed by atoms with van der Waals surface area (Å²) < 4.78 is 42.8. The monoisotopic (exact) mass is 393 g/mol. The maximum Gasteiger partial charge on any atom is 0.165 e. The number of ether oxygens (including phenoxy) is 1. The number of hydrogen-bond donors (Lipinski definition) is 1. The van der Waals surface area contributed by atoms with Gasteiger partial charge < -0.3 is 9.84 Å². The van der Waals surface area contributed by atoms with Crippen LogP contribution in [0.1, 0.15) is 12.0 Å². The molecule has 0 bridgehead atoms. The van der Waals surface area contributed by atoms with Crippen molar-refractivity contribution < 1.29 is 22.7 Å². The summed E-state index contributed by atoms with van der Waals surface area (Å²) in [5, 5.41) is 10.4. The van der Waals surface area contributed by atoms with Gasteiger partial charge in [0.2, 0.25) is 0 Å². The molecule has 1 saturated heterocycles. The average Bonchev–Trinajstić information content (AvgIpc) is 3.01. The summed E-state index contributed by atoms with van der Waals surface area (Å²) in [5.41, 5.74) is 1.05. The SMILES string of the molecule is O=S1(=O)CCC(N(Cc2ccccc2)CC(O)COc2ccccc2F)C1. The lowest BCUT2D eigenvalue weighted by Crippen LogP contribution is -2.42. The first-order valence-electron chi connectivity index (χ1n) is 8.97. The highest BCUT2D eigenvalue weighted by Crippen LogP contribution is 2.21. The van der Waals surface area contributed by atoms with E-state index in [-0.39, 0.29) is 36.4 Å². The third kappa shape index (κ3) is 5.76. The molecule has 1 N–H and O–H groups in total. The van der Waals surface area contributed by atoms with E-state index in [4.69, 9.17) is 4.74 Å². The summed E-state index contributed by atoms with van der Waals surface area (Å²) in [6, 6.07) is 15.6. The third-order valence-electron chi connectivity index (χ3n) is 4.67. The van der Waals surface area contributed by atoms with E-state index < -0.39 is 21.8 Å². The Morgan fingerprint density at radius 1 is 1.15 bits per heavy atom. The molecule has 5 nitrogen and oxygen atoms in total. The predicted octanol–water partition coefficient (Wildman–Crippen LogP) is 2.25. The van der Waals surface area contributed by atoms with Crippen LogP contribution in [0.3, 0.4) is 0 Å². The Balaban J connectivity index is 1.64. The Bertz CT molecular complexity index is 844. The van der Waals surface area contributed by atoms with Gasteiger partial charge in [-0.3, -0.25) is 4.90 Å². The number of nitrogens with zero attached hydrogens (tertiary/aromatic N) is 1. The van der Waals surface area contributed by atoms with Gasteiger partial charge in [-0.05, 0) is 24.1 Å². The lowest BCUT2D eigenvalue weighted by molar-refractivity contribution is 0.0513. The van der Waals surface area contributed by atoms with Gasteiger partial charge in [0, 0.05) is 19.1 Å². The van der Waals surface area contributed by atoms with E-state index >= 15 is 0 Å². The number of aliphatic hydroxyl groups excluding tert-OH is 1. The summed E-state index contributed by atoms with van der Waals surface area (Å²) in [4.78, 5) is 1.98. The van der Waals surface area contributed by atoms with Gasteiger partial charge in [-0.15, -0.1) is 0 Å².